The number of amides is 2. The van der Waals surface area contributed by atoms with Gasteiger partial charge in [0, 0.05) is 28.2 Å². The van der Waals surface area contributed by atoms with Crippen molar-refractivity contribution in [3.05, 3.63) is 29.6 Å². The second-order valence-electron chi connectivity index (χ2n) is 4.43. The van der Waals surface area contributed by atoms with Crippen LogP contribution < -0.4 is 0 Å². The lowest BCUT2D eigenvalue weighted by Crippen LogP contribution is -2.12. The van der Waals surface area contributed by atoms with Crippen molar-refractivity contribution in [1.29, 1.82) is 0 Å². The highest BCUT2D eigenvalue weighted by Gasteiger charge is 2.10. The van der Waals surface area contributed by atoms with E-state index in [0.29, 0.717) is 0 Å². The first kappa shape index (κ1) is 15.5. The monoisotopic (exact) mass is 275 g/mol. The Labute approximate surface area is 117 Å². The van der Waals surface area contributed by atoms with E-state index in [1.165, 1.54) is 24.8 Å². The van der Waals surface area contributed by atoms with E-state index in [-0.39, 0.29) is 11.4 Å². The van der Waals surface area contributed by atoms with Crippen LogP contribution in [0.15, 0.2) is 28.2 Å². The highest BCUT2D eigenvalue weighted by Crippen LogP contribution is 2.03. The molecule has 7 heteroatoms. The van der Waals surface area contributed by atoms with Crippen molar-refractivity contribution in [2.75, 3.05) is 28.2 Å². The van der Waals surface area contributed by atoms with E-state index < -0.39 is 11.8 Å². The van der Waals surface area contributed by atoms with E-state index in [0.717, 1.165) is 0 Å². The quantitative estimate of drug-likeness (QED) is 0.592. The molecule has 1 rings (SSSR count). The van der Waals surface area contributed by atoms with Crippen molar-refractivity contribution in [2.45, 2.75) is 0 Å². The van der Waals surface area contributed by atoms with Gasteiger partial charge < -0.3 is 9.80 Å². The fraction of sp³-hybridized carbons (Fsp3) is 0.308. The zero-order chi connectivity index (χ0) is 15.1. The average molecular weight is 275 g/mol. The summed E-state index contributed by atoms with van der Waals surface area (Å²) in [6.45, 7) is 0. The maximum absolute atomic E-state index is 11.7. The Morgan fingerprint density at radius 3 is 1.70 bits per heavy atom. The van der Waals surface area contributed by atoms with Crippen LogP contribution in [0.3, 0.4) is 0 Å². The number of aromatic nitrogens is 1. The zero-order valence-electron chi connectivity index (χ0n) is 11.9. The molecule has 1 aromatic heterocycles. The van der Waals surface area contributed by atoms with Crippen LogP contribution in [0.1, 0.15) is 21.0 Å². The minimum absolute atomic E-state index is 0.106. The number of hydrogen-bond acceptors (Lipinski definition) is 3. The third-order valence-electron chi connectivity index (χ3n) is 2.00. The Kier molecular flexibility index (Phi) is 5.52. The standard InChI is InChI=1S/C13H17N5O2/c1-17(2)8-14-12(19)10-6-5-7-11(16-10)13(20)15-9-18(3)4/h5-9H,1-4H3. The minimum atomic E-state index is -0.509. The van der Waals surface area contributed by atoms with Gasteiger partial charge in [-0.1, -0.05) is 6.07 Å². The van der Waals surface area contributed by atoms with Crippen LogP contribution in [-0.4, -0.2) is 67.5 Å². The molecule has 0 spiro atoms. The van der Waals surface area contributed by atoms with E-state index in [1.54, 1.807) is 44.1 Å². The fourth-order valence-electron chi connectivity index (χ4n) is 1.14. The molecule has 0 radical (unpaired) electrons. The molecule has 1 heterocycles. The highest BCUT2D eigenvalue weighted by atomic mass is 16.2. The van der Waals surface area contributed by atoms with Gasteiger partial charge in [-0.05, 0) is 12.1 Å². The summed E-state index contributed by atoms with van der Waals surface area (Å²) in [5.74, 6) is -1.02. The van der Waals surface area contributed by atoms with Crippen LogP contribution in [0.5, 0.6) is 0 Å². The van der Waals surface area contributed by atoms with E-state index in [2.05, 4.69) is 15.0 Å². The molecule has 0 saturated carbocycles. The molecule has 0 bridgehead atoms. The molecule has 0 atom stereocenters. The number of aliphatic imine (C=N–C) groups is 2. The Bertz CT molecular complexity index is 504. The fourth-order valence-corrected chi connectivity index (χ4v) is 1.14. The first-order valence-corrected chi connectivity index (χ1v) is 5.87. The largest absolute Gasteiger partial charge is 0.369 e. The van der Waals surface area contributed by atoms with E-state index in [1.807, 2.05) is 0 Å². The van der Waals surface area contributed by atoms with Gasteiger partial charge >= 0.3 is 0 Å². The number of hydrogen-bond donors (Lipinski definition) is 0. The van der Waals surface area contributed by atoms with Gasteiger partial charge in [0.2, 0.25) is 0 Å². The number of carbonyl (C=O) groups is 2. The molecule has 0 aliphatic carbocycles. The Morgan fingerprint density at radius 1 is 0.950 bits per heavy atom. The summed E-state index contributed by atoms with van der Waals surface area (Å²) in [7, 11) is 7.00. The molecule has 0 aliphatic rings. The van der Waals surface area contributed by atoms with E-state index >= 15 is 0 Å². The van der Waals surface area contributed by atoms with Crippen LogP contribution in [0.25, 0.3) is 0 Å². The third-order valence-corrected chi connectivity index (χ3v) is 2.00. The maximum Gasteiger partial charge on any atom is 0.296 e. The lowest BCUT2D eigenvalue weighted by Gasteiger charge is -2.03. The molecule has 0 unspecified atom stereocenters. The lowest BCUT2D eigenvalue weighted by atomic mass is 10.3. The summed E-state index contributed by atoms with van der Waals surface area (Å²) in [6, 6.07) is 4.58. The van der Waals surface area contributed by atoms with Crippen LogP contribution in [-0.2, 0) is 0 Å². The topological polar surface area (TPSA) is 78.2 Å². The van der Waals surface area contributed by atoms with Crippen molar-refractivity contribution in [2.24, 2.45) is 9.98 Å². The molecule has 0 saturated heterocycles. The van der Waals surface area contributed by atoms with Crippen molar-refractivity contribution in [3.63, 3.8) is 0 Å². The molecule has 106 valence electrons. The Hall–Kier alpha value is -2.57. The van der Waals surface area contributed by atoms with Gasteiger partial charge in [-0.25, -0.2) is 4.98 Å². The summed E-state index contributed by atoms with van der Waals surface area (Å²) >= 11 is 0. The second-order valence-corrected chi connectivity index (χ2v) is 4.43. The van der Waals surface area contributed by atoms with Crippen molar-refractivity contribution in [3.8, 4) is 0 Å². The van der Waals surface area contributed by atoms with Crippen molar-refractivity contribution in [1.82, 2.24) is 14.8 Å². The van der Waals surface area contributed by atoms with Gasteiger partial charge in [-0.3, -0.25) is 9.59 Å². The van der Waals surface area contributed by atoms with Crippen LogP contribution >= 0.6 is 0 Å². The van der Waals surface area contributed by atoms with Gasteiger partial charge in [-0.15, -0.1) is 0 Å². The first-order chi connectivity index (χ1) is 9.40. The Balaban J connectivity index is 2.91. The van der Waals surface area contributed by atoms with E-state index in [9.17, 15) is 9.59 Å². The smallest absolute Gasteiger partial charge is 0.296 e. The molecule has 2 amide bonds. The summed E-state index contributed by atoms with van der Waals surface area (Å²) < 4.78 is 0. The molecule has 7 nitrogen and oxygen atoms in total. The third kappa shape index (κ3) is 4.97. The molecule has 1 aromatic rings. The number of pyridine rings is 1. The molecular weight excluding hydrogens is 258 g/mol. The van der Waals surface area contributed by atoms with Gasteiger partial charge in [0.1, 0.15) is 11.4 Å². The highest BCUT2D eigenvalue weighted by molar-refractivity contribution is 6.00. The van der Waals surface area contributed by atoms with Crippen molar-refractivity contribution >= 4 is 24.5 Å². The van der Waals surface area contributed by atoms with Crippen molar-refractivity contribution < 1.29 is 9.59 Å². The summed E-state index contributed by atoms with van der Waals surface area (Å²) in [4.78, 5) is 38.1. The number of rotatable bonds is 4. The van der Waals surface area contributed by atoms with Gasteiger partial charge in [0.15, 0.2) is 0 Å². The molecule has 0 fully saturated rings. The second kappa shape index (κ2) is 7.13. The summed E-state index contributed by atoms with van der Waals surface area (Å²) in [5.41, 5.74) is 0.211. The predicted molar refractivity (Wildman–Crippen MR) is 77.3 cm³/mol. The van der Waals surface area contributed by atoms with Gasteiger partial charge in [0.05, 0.1) is 12.7 Å². The molecular formula is C13H17N5O2. The SMILES string of the molecule is CN(C)C=NC(=O)c1cccc(C(=O)N=CN(C)C)n1. The van der Waals surface area contributed by atoms with Gasteiger partial charge in [0.25, 0.3) is 11.8 Å². The normalized spacial score (nSPS) is 11.0. The maximum atomic E-state index is 11.7. The molecule has 0 N–H and O–H groups in total. The molecule has 0 aliphatic heterocycles. The van der Waals surface area contributed by atoms with Crippen LogP contribution in [0.4, 0.5) is 0 Å². The van der Waals surface area contributed by atoms with Crippen LogP contribution in [0, 0.1) is 0 Å². The number of nitrogens with zero attached hydrogens (tertiary/aromatic N) is 5. The Morgan fingerprint density at radius 2 is 1.35 bits per heavy atom. The lowest BCUT2D eigenvalue weighted by molar-refractivity contribution is 0.0994. The zero-order valence-corrected chi connectivity index (χ0v) is 11.9. The first-order valence-electron chi connectivity index (χ1n) is 5.87. The molecule has 20 heavy (non-hydrogen) atoms. The minimum Gasteiger partial charge on any atom is -0.369 e. The average Bonchev–Trinajstić information content (AvgIpc) is 2.42. The summed E-state index contributed by atoms with van der Waals surface area (Å²) in [6.07, 6.45) is 2.76. The number of carbonyl (C=O) groups excluding carboxylic acids is 2. The molecule has 0 aromatic carbocycles. The predicted octanol–water partition coefficient (Wildman–Crippen LogP) is 0.542. The van der Waals surface area contributed by atoms with Gasteiger partial charge in [-0.2, -0.15) is 9.98 Å². The summed E-state index contributed by atoms with van der Waals surface area (Å²) in [5, 5.41) is 0. The van der Waals surface area contributed by atoms with Crippen LogP contribution in [0.2, 0.25) is 0 Å². The van der Waals surface area contributed by atoms with E-state index in [4.69, 9.17) is 0 Å².